The molecule has 254 valence electrons. The number of primary amides is 1. The fourth-order valence-electron chi connectivity index (χ4n) is 5.24. The first kappa shape index (κ1) is 35.0. The Morgan fingerprint density at radius 3 is 2.35 bits per heavy atom. The molecule has 0 spiro atoms. The molecule has 10 nitrogen and oxygen atoms in total. The molecule has 1 aromatic heterocycles. The first-order valence-electron chi connectivity index (χ1n) is 14.9. The fraction of sp³-hybridized carbons (Fsp3) is 0.176. The van der Waals surface area contributed by atoms with Crippen LogP contribution >= 0.6 is 23.2 Å². The number of alkyl halides is 3. The monoisotopic (exact) mass is 711 g/mol. The van der Waals surface area contributed by atoms with Crippen molar-refractivity contribution in [3.05, 3.63) is 112 Å². The van der Waals surface area contributed by atoms with Crippen LogP contribution in [0.25, 0.3) is 22.4 Å². The molecule has 0 unspecified atom stereocenters. The third kappa shape index (κ3) is 8.80. The zero-order valence-corrected chi connectivity index (χ0v) is 27.2. The summed E-state index contributed by atoms with van der Waals surface area (Å²) < 4.78 is 47.2. The number of amides is 2. The largest absolute Gasteiger partial charge is 0.457 e. The summed E-state index contributed by atoms with van der Waals surface area (Å²) in [5, 5.41) is 13.5. The van der Waals surface area contributed by atoms with Crippen LogP contribution in [0, 0.1) is 5.41 Å². The first-order valence-corrected chi connectivity index (χ1v) is 15.6. The fourth-order valence-corrected chi connectivity index (χ4v) is 5.75. The summed E-state index contributed by atoms with van der Waals surface area (Å²) in [6.45, 7) is 0.186. The van der Waals surface area contributed by atoms with Gasteiger partial charge in [-0.15, -0.1) is 0 Å². The van der Waals surface area contributed by atoms with Crippen molar-refractivity contribution in [3.63, 3.8) is 0 Å². The quantitative estimate of drug-likeness (QED) is 0.0530. The van der Waals surface area contributed by atoms with Gasteiger partial charge in [0.1, 0.15) is 23.4 Å². The molecule has 7 N–H and O–H groups in total. The number of rotatable bonds is 12. The van der Waals surface area contributed by atoms with Crippen LogP contribution < -0.4 is 26.8 Å². The van der Waals surface area contributed by atoms with Crippen molar-refractivity contribution in [2.75, 3.05) is 6.54 Å². The summed E-state index contributed by atoms with van der Waals surface area (Å²) in [6, 6.07) is 20.2. The Labute approximate surface area is 288 Å². The van der Waals surface area contributed by atoms with Gasteiger partial charge >= 0.3 is 6.18 Å². The van der Waals surface area contributed by atoms with Crippen molar-refractivity contribution in [3.8, 4) is 22.9 Å². The highest BCUT2D eigenvalue weighted by molar-refractivity contribution is 6.34. The van der Waals surface area contributed by atoms with E-state index in [4.69, 9.17) is 49.8 Å². The molecule has 1 atom stereocenters. The third-order valence-corrected chi connectivity index (χ3v) is 7.87. The van der Waals surface area contributed by atoms with Crippen LogP contribution in [-0.2, 0) is 17.5 Å². The van der Waals surface area contributed by atoms with Gasteiger partial charge in [-0.25, -0.2) is 4.98 Å². The normalized spacial score (nSPS) is 12.0. The Hall–Kier alpha value is -5.27. The van der Waals surface area contributed by atoms with Crippen molar-refractivity contribution < 1.29 is 27.5 Å². The Balaban J connectivity index is 1.50. The van der Waals surface area contributed by atoms with E-state index in [-0.39, 0.29) is 30.1 Å². The summed E-state index contributed by atoms with van der Waals surface area (Å²) in [7, 11) is 0. The van der Waals surface area contributed by atoms with Crippen LogP contribution in [0.4, 0.5) is 13.2 Å². The maximum Gasteiger partial charge on any atom is 0.416 e. The molecule has 2 amide bonds. The first-order chi connectivity index (χ1) is 23.3. The van der Waals surface area contributed by atoms with Gasteiger partial charge in [-0.1, -0.05) is 47.5 Å². The molecule has 15 heteroatoms. The van der Waals surface area contributed by atoms with E-state index in [1.54, 1.807) is 53.1 Å². The predicted molar refractivity (Wildman–Crippen MR) is 182 cm³/mol. The Morgan fingerprint density at radius 1 is 0.918 bits per heavy atom. The molecule has 5 aromatic rings. The van der Waals surface area contributed by atoms with E-state index in [0.29, 0.717) is 56.9 Å². The topological polar surface area (TPSA) is 161 Å². The van der Waals surface area contributed by atoms with E-state index in [0.717, 1.165) is 12.1 Å². The lowest BCUT2D eigenvalue weighted by molar-refractivity contribution is -0.137. The number of hydrogen-bond donors (Lipinski definition) is 5. The average Bonchev–Trinajstić information content (AvgIpc) is 3.41. The van der Waals surface area contributed by atoms with E-state index in [2.05, 4.69) is 10.6 Å². The van der Waals surface area contributed by atoms with Crippen molar-refractivity contribution >= 4 is 52.0 Å². The lowest BCUT2D eigenvalue weighted by atomic mass is 10.1. The zero-order valence-electron chi connectivity index (χ0n) is 25.7. The smallest absolute Gasteiger partial charge is 0.416 e. The maximum absolute atomic E-state index is 13.2. The molecule has 4 aromatic carbocycles. The SMILES string of the molecule is N=C(N)NCCC[C@@H](C(N)=O)n1c(-c2cccc(Oc3cc(Cl)cc(Cl)c3)c2)nc2cc(C(=O)NCc3cccc(C(F)(F)F)c3)ccc21. The zero-order chi connectivity index (χ0) is 35.3. The second kappa shape index (κ2) is 14.9. The Bertz CT molecular complexity index is 2010. The Kier molecular flexibility index (Phi) is 10.6. The number of guanidine groups is 1. The molecular formula is C34H30Cl2F3N7O3. The summed E-state index contributed by atoms with van der Waals surface area (Å²) in [5.74, 6) is -0.196. The molecule has 0 radical (unpaired) electrons. The van der Waals surface area contributed by atoms with Crippen LogP contribution in [0.2, 0.25) is 10.0 Å². The summed E-state index contributed by atoms with van der Waals surface area (Å²) in [4.78, 5) is 30.8. The number of hydrogen-bond acceptors (Lipinski definition) is 5. The molecule has 0 bridgehead atoms. The molecular weight excluding hydrogens is 682 g/mol. The maximum atomic E-state index is 13.2. The number of carbonyl (C=O) groups is 2. The molecule has 0 fully saturated rings. The van der Waals surface area contributed by atoms with E-state index in [9.17, 15) is 22.8 Å². The number of nitrogens with two attached hydrogens (primary N) is 2. The lowest BCUT2D eigenvalue weighted by Crippen LogP contribution is -2.32. The van der Waals surface area contributed by atoms with Crippen LogP contribution in [-0.4, -0.2) is 33.9 Å². The van der Waals surface area contributed by atoms with Gasteiger partial charge in [0.15, 0.2) is 5.96 Å². The van der Waals surface area contributed by atoms with E-state index >= 15 is 0 Å². The van der Waals surface area contributed by atoms with E-state index in [1.165, 1.54) is 24.3 Å². The number of ether oxygens (including phenoxy) is 1. The van der Waals surface area contributed by atoms with Gasteiger partial charge in [-0.2, -0.15) is 13.2 Å². The highest BCUT2D eigenvalue weighted by atomic mass is 35.5. The number of halogens is 5. The predicted octanol–water partition coefficient (Wildman–Crippen LogP) is 7.04. The van der Waals surface area contributed by atoms with Gasteiger partial charge in [0, 0.05) is 34.3 Å². The highest BCUT2D eigenvalue weighted by Gasteiger charge is 2.30. The molecule has 5 rings (SSSR count). The van der Waals surface area contributed by atoms with Gasteiger partial charge in [0.25, 0.3) is 5.91 Å². The number of nitrogens with zero attached hydrogens (tertiary/aromatic N) is 2. The second-order valence-electron chi connectivity index (χ2n) is 11.0. The molecule has 1 heterocycles. The molecule has 49 heavy (non-hydrogen) atoms. The second-order valence-corrected chi connectivity index (χ2v) is 11.9. The van der Waals surface area contributed by atoms with Crippen molar-refractivity contribution in [2.24, 2.45) is 11.5 Å². The van der Waals surface area contributed by atoms with Crippen LogP contribution in [0.15, 0.2) is 84.9 Å². The van der Waals surface area contributed by atoms with Gasteiger partial charge in [0.2, 0.25) is 5.91 Å². The number of fused-ring (bicyclic) bond motifs is 1. The standard InChI is InChI=1S/C34H30Cl2F3N7O3/c35-23-15-24(36)17-26(16-23)49-25-7-2-5-20(13-25)31-45-27-14-21(32(48)44-18-19-4-1-6-22(12-19)34(37,38)39)9-10-28(27)46(31)29(30(40)47)8-3-11-43-33(41)42/h1-2,4-7,9-10,12-17,29H,3,8,11,18H2,(H2,40,47)(H,44,48)(H4,41,42,43)/t29-/m0/s1. The van der Waals surface area contributed by atoms with Gasteiger partial charge in [-0.3, -0.25) is 15.0 Å². The highest BCUT2D eigenvalue weighted by Crippen LogP contribution is 2.35. The third-order valence-electron chi connectivity index (χ3n) is 7.43. The van der Waals surface area contributed by atoms with Crippen molar-refractivity contribution in [1.82, 2.24) is 20.2 Å². The lowest BCUT2D eigenvalue weighted by Gasteiger charge is -2.20. The number of aromatic nitrogens is 2. The van der Waals surface area contributed by atoms with Crippen molar-refractivity contribution in [2.45, 2.75) is 31.6 Å². The summed E-state index contributed by atoms with van der Waals surface area (Å²) >= 11 is 12.3. The van der Waals surface area contributed by atoms with Gasteiger partial charge < -0.3 is 31.4 Å². The van der Waals surface area contributed by atoms with E-state index < -0.39 is 29.6 Å². The van der Waals surface area contributed by atoms with Gasteiger partial charge in [0.05, 0.1) is 16.6 Å². The molecule has 0 aliphatic rings. The molecule has 0 saturated carbocycles. The number of imidazole rings is 1. The number of benzene rings is 4. The number of carbonyl (C=O) groups excluding carboxylic acids is 2. The van der Waals surface area contributed by atoms with Crippen LogP contribution in [0.1, 0.15) is 40.4 Å². The summed E-state index contributed by atoms with van der Waals surface area (Å²) in [5.41, 5.74) is 12.4. The minimum absolute atomic E-state index is 0.136. The number of nitrogens with one attached hydrogen (secondary N) is 3. The average molecular weight is 713 g/mol. The Morgan fingerprint density at radius 2 is 1.65 bits per heavy atom. The molecule has 0 aliphatic carbocycles. The molecule has 0 aliphatic heterocycles. The van der Waals surface area contributed by atoms with Crippen molar-refractivity contribution in [1.29, 1.82) is 5.41 Å². The molecule has 0 saturated heterocycles. The minimum Gasteiger partial charge on any atom is -0.457 e. The minimum atomic E-state index is -4.51. The summed E-state index contributed by atoms with van der Waals surface area (Å²) in [6.07, 6.45) is -3.81. The van der Waals surface area contributed by atoms with E-state index in [1.807, 2.05) is 0 Å². The van der Waals surface area contributed by atoms with Crippen LogP contribution in [0.3, 0.4) is 0 Å². The van der Waals surface area contributed by atoms with Crippen LogP contribution in [0.5, 0.6) is 11.5 Å². The van der Waals surface area contributed by atoms with Gasteiger partial charge in [-0.05, 0) is 79.1 Å².